The summed E-state index contributed by atoms with van der Waals surface area (Å²) >= 11 is 2.97. The molecule has 8 heteroatoms. The summed E-state index contributed by atoms with van der Waals surface area (Å²) in [6, 6.07) is 0. The van der Waals surface area contributed by atoms with E-state index < -0.39 is 0 Å². The van der Waals surface area contributed by atoms with E-state index in [1.807, 2.05) is 12.3 Å². The topological polar surface area (TPSA) is 76.3 Å². The van der Waals surface area contributed by atoms with Crippen molar-refractivity contribution in [3.8, 4) is 10.6 Å². The molecule has 21 heavy (non-hydrogen) atoms. The molecule has 6 nitrogen and oxygen atoms in total. The first-order valence-corrected chi connectivity index (χ1v) is 8.50. The minimum Gasteiger partial charge on any atom is -0.382 e. The fourth-order valence-electron chi connectivity index (χ4n) is 2.30. The van der Waals surface area contributed by atoms with Crippen LogP contribution in [0, 0.1) is 6.92 Å². The third kappa shape index (κ3) is 3.34. The molecule has 0 spiro atoms. The van der Waals surface area contributed by atoms with Crippen LogP contribution in [0.5, 0.6) is 0 Å². The molecule has 1 aliphatic heterocycles. The average molecular weight is 325 g/mol. The molecule has 0 saturated carbocycles. The predicted octanol–water partition coefficient (Wildman–Crippen LogP) is 1.90. The van der Waals surface area contributed by atoms with Gasteiger partial charge < -0.3 is 20.7 Å². The van der Waals surface area contributed by atoms with E-state index in [2.05, 4.69) is 26.6 Å². The number of nitrogens with one attached hydrogen (secondary N) is 1. The van der Waals surface area contributed by atoms with Gasteiger partial charge in [0.15, 0.2) is 0 Å². The molecule has 2 aromatic rings. The SMILES string of the molecule is Cc1csc(-c2c(N)nsc2NCC2CN(C)CCO2)n1. The Morgan fingerprint density at radius 1 is 1.57 bits per heavy atom. The normalized spacial score (nSPS) is 19.8. The van der Waals surface area contributed by atoms with Crippen LogP contribution in [0.3, 0.4) is 0 Å². The minimum atomic E-state index is 0.193. The summed E-state index contributed by atoms with van der Waals surface area (Å²) in [4.78, 5) is 6.79. The molecule has 3 N–H and O–H groups in total. The van der Waals surface area contributed by atoms with Crippen LogP contribution in [0.15, 0.2) is 5.38 Å². The number of nitrogens with zero attached hydrogens (tertiary/aromatic N) is 3. The summed E-state index contributed by atoms with van der Waals surface area (Å²) in [5, 5.41) is 7.34. The second kappa shape index (κ2) is 6.27. The molecule has 1 unspecified atom stereocenters. The largest absolute Gasteiger partial charge is 0.382 e. The molecule has 1 atom stereocenters. The van der Waals surface area contributed by atoms with Crippen molar-refractivity contribution in [1.29, 1.82) is 0 Å². The molecule has 0 amide bonds. The second-order valence-electron chi connectivity index (χ2n) is 5.20. The maximum Gasteiger partial charge on any atom is 0.149 e. The average Bonchev–Trinajstić information content (AvgIpc) is 3.02. The summed E-state index contributed by atoms with van der Waals surface area (Å²) in [5.74, 6) is 0.540. The number of aryl methyl sites for hydroxylation is 1. The van der Waals surface area contributed by atoms with Crippen molar-refractivity contribution in [2.45, 2.75) is 13.0 Å². The number of nitrogens with two attached hydrogens (primary N) is 1. The van der Waals surface area contributed by atoms with Crippen LogP contribution >= 0.6 is 22.9 Å². The van der Waals surface area contributed by atoms with Crippen LogP contribution in [0.25, 0.3) is 10.6 Å². The van der Waals surface area contributed by atoms with Gasteiger partial charge in [0.1, 0.15) is 15.8 Å². The minimum absolute atomic E-state index is 0.193. The van der Waals surface area contributed by atoms with Gasteiger partial charge in [-0.05, 0) is 25.5 Å². The molecule has 1 saturated heterocycles. The molecule has 0 bridgehead atoms. The number of aromatic nitrogens is 2. The first-order valence-electron chi connectivity index (χ1n) is 6.85. The Kier molecular flexibility index (Phi) is 4.39. The van der Waals surface area contributed by atoms with Crippen molar-refractivity contribution in [3.63, 3.8) is 0 Å². The Balaban J connectivity index is 1.71. The van der Waals surface area contributed by atoms with Gasteiger partial charge in [0, 0.05) is 30.7 Å². The van der Waals surface area contributed by atoms with Gasteiger partial charge in [-0.15, -0.1) is 11.3 Å². The number of ether oxygens (including phenoxy) is 1. The van der Waals surface area contributed by atoms with Crippen LogP contribution in [0.2, 0.25) is 0 Å². The van der Waals surface area contributed by atoms with Crippen LogP contribution in [0.1, 0.15) is 5.69 Å². The van der Waals surface area contributed by atoms with Gasteiger partial charge in [-0.1, -0.05) is 0 Å². The lowest BCUT2D eigenvalue weighted by molar-refractivity contribution is -0.0116. The van der Waals surface area contributed by atoms with Gasteiger partial charge in [0.25, 0.3) is 0 Å². The Labute approximate surface area is 132 Å². The maximum absolute atomic E-state index is 6.00. The van der Waals surface area contributed by atoms with E-state index in [1.165, 1.54) is 11.5 Å². The van der Waals surface area contributed by atoms with Crippen LogP contribution < -0.4 is 11.1 Å². The predicted molar refractivity (Wildman–Crippen MR) is 88.1 cm³/mol. The standard InChI is InChI=1S/C13H19N5OS2/c1-8-7-20-13(16-8)10-11(14)17-21-12(10)15-5-9-6-18(2)3-4-19-9/h7,9,15H,3-6H2,1-2H3,(H2,14,17). The van der Waals surface area contributed by atoms with Gasteiger partial charge in [0.2, 0.25) is 0 Å². The fourth-order valence-corrected chi connectivity index (χ4v) is 3.94. The Morgan fingerprint density at radius 2 is 2.43 bits per heavy atom. The zero-order chi connectivity index (χ0) is 14.8. The van der Waals surface area contributed by atoms with Crippen molar-refractivity contribution < 1.29 is 4.74 Å². The number of nitrogen functional groups attached to an aromatic ring is 1. The second-order valence-corrected chi connectivity index (χ2v) is 6.83. The van der Waals surface area contributed by atoms with Crippen molar-refractivity contribution >= 4 is 33.7 Å². The van der Waals surface area contributed by atoms with Crippen LogP contribution in [-0.4, -0.2) is 53.7 Å². The zero-order valence-electron chi connectivity index (χ0n) is 12.1. The van der Waals surface area contributed by atoms with Crippen molar-refractivity contribution in [3.05, 3.63) is 11.1 Å². The highest BCUT2D eigenvalue weighted by molar-refractivity contribution is 7.15. The molecular formula is C13H19N5OS2. The summed E-state index contributed by atoms with van der Waals surface area (Å²) in [6.45, 7) is 5.45. The zero-order valence-corrected chi connectivity index (χ0v) is 13.8. The molecular weight excluding hydrogens is 306 g/mol. The molecule has 1 aliphatic rings. The molecule has 3 heterocycles. The first kappa shape index (κ1) is 14.7. The summed E-state index contributed by atoms with van der Waals surface area (Å²) in [5.41, 5.74) is 7.92. The number of morpholine rings is 1. The fraction of sp³-hybridized carbons (Fsp3) is 0.538. The number of anilines is 2. The monoisotopic (exact) mass is 325 g/mol. The van der Waals surface area contributed by atoms with Crippen LogP contribution in [0.4, 0.5) is 10.8 Å². The third-order valence-corrected chi connectivity index (χ3v) is 5.18. The van der Waals surface area contributed by atoms with Crippen LogP contribution in [-0.2, 0) is 4.74 Å². The highest BCUT2D eigenvalue weighted by atomic mass is 32.1. The summed E-state index contributed by atoms with van der Waals surface area (Å²) in [6.07, 6.45) is 0.193. The molecule has 0 aliphatic carbocycles. The van der Waals surface area contributed by atoms with Gasteiger partial charge >= 0.3 is 0 Å². The molecule has 1 fully saturated rings. The summed E-state index contributed by atoms with van der Waals surface area (Å²) < 4.78 is 10.0. The van der Waals surface area contributed by atoms with E-state index >= 15 is 0 Å². The van der Waals surface area contributed by atoms with Crippen molar-refractivity contribution in [1.82, 2.24) is 14.3 Å². The number of hydrogen-bond acceptors (Lipinski definition) is 8. The van der Waals surface area contributed by atoms with Crippen molar-refractivity contribution in [2.24, 2.45) is 0 Å². The number of rotatable bonds is 4. The lowest BCUT2D eigenvalue weighted by atomic mass is 10.2. The smallest absolute Gasteiger partial charge is 0.149 e. The maximum atomic E-state index is 6.00. The first-order chi connectivity index (χ1) is 10.1. The number of likely N-dealkylation sites (N-methyl/N-ethyl adjacent to an activating group) is 1. The third-order valence-electron chi connectivity index (χ3n) is 3.38. The highest BCUT2D eigenvalue weighted by Gasteiger charge is 2.20. The Morgan fingerprint density at radius 3 is 3.14 bits per heavy atom. The Bertz CT molecular complexity index is 611. The van der Waals surface area contributed by atoms with Crippen molar-refractivity contribution in [2.75, 3.05) is 44.3 Å². The summed E-state index contributed by atoms with van der Waals surface area (Å²) in [7, 11) is 2.12. The molecule has 0 aromatic carbocycles. The highest BCUT2D eigenvalue weighted by Crippen LogP contribution is 2.38. The van der Waals surface area contributed by atoms with E-state index in [0.29, 0.717) is 5.82 Å². The van der Waals surface area contributed by atoms with E-state index in [1.54, 1.807) is 11.3 Å². The van der Waals surface area contributed by atoms with Gasteiger partial charge in [-0.25, -0.2) is 4.98 Å². The quantitative estimate of drug-likeness (QED) is 0.894. The molecule has 3 rings (SSSR count). The number of thiazole rings is 1. The van der Waals surface area contributed by atoms with Gasteiger partial charge in [-0.3, -0.25) is 0 Å². The lowest BCUT2D eigenvalue weighted by Gasteiger charge is -2.30. The molecule has 0 radical (unpaired) electrons. The van der Waals surface area contributed by atoms with Gasteiger partial charge in [-0.2, -0.15) is 4.37 Å². The van der Waals surface area contributed by atoms with E-state index in [9.17, 15) is 0 Å². The van der Waals surface area contributed by atoms with E-state index in [0.717, 1.165) is 47.5 Å². The molecule has 2 aromatic heterocycles. The van der Waals surface area contributed by atoms with E-state index in [-0.39, 0.29) is 6.10 Å². The lowest BCUT2D eigenvalue weighted by Crippen LogP contribution is -2.43. The number of hydrogen-bond donors (Lipinski definition) is 2. The van der Waals surface area contributed by atoms with E-state index in [4.69, 9.17) is 10.5 Å². The van der Waals surface area contributed by atoms with Gasteiger partial charge in [0.05, 0.1) is 18.3 Å². The Hall–Kier alpha value is -1.22. The molecule has 114 valence electrons.